The fourth-order valence-corrected chi connectivity index (χ4v) is 3.16. The topological polar surface area (TPSA) is 84.0 Å². The number of aromatic nitrogens is 1. The van der Waals surface area contributed by atoms with Gasteiger partial charge in [0.15, 0.2) is 0 Å². The van der Waals surface area contributed by atoms with Crippen molar-refractivity contribution in [3.8, 4) is 11.8 Å². The van der Waals surface area contributed by atoms with Crippen LogP contribution in [-0.4, -0.2) is 11.6 Å². The van der Waals surface area contributed by atoms with Gasteiger partial charge in [0.25, 0.3) is 0 Å². The van der Waals surface area contributed by atoms with Gasteiger partial charge in [-0.3, -0.25) is 4.98 Å². The molecule has 0 aliphatic carbocycles. The zero-order chi connectivity index (χ0) is 19.6. The molecule has 1 aromatic heterocycles. The van der Waals surface area contributed by atoms with E-state index in [0.717, 1.165) is 5.39 Å². The smallest absolute Gasteiger partial charge is 0.144 e. The summed E-state index contributed by atoms with van der Waals surface area (Å²) >= 11 is 12.1. The predicted molar refractivity (Wildman–Crippen MR) is 111 cm³/mol. The van der Waals surface area contributed by atoms with E-state index in [1.54, 1.807) is 30.3 Å². The third kappa shape index (κ3) is 3.73. The molecule has 0 amide bonds. The fourth-order valence-electron chi connectivity index (χ4n) is 2.86. The highest BCUT2D eigenvalue weighted by Crippen LogP contribution is 2.37. The van der Waals surface area contributed by atoms with Gasteiger partial charge in [-0.05, 0) is 37.6 Å². The van der Waals surface area contributed by atoms with Crippen molar-refractivity contribution in [3.05, 3.63) is 51.6 Å². The molecule has 0 spiro atoms. The van der Waals surface area contributed by atoms with Crippen molar-refractivity contribution in [2.75, 3.05) is 17.7 Å². The summed E-state index contributed by atoms with van der Waals surface area (Å²) in [4.78, 5) is 4.64. The number of nitrogen functional groups attached to an aromatic ring is 1. The Morgan fingerprint density at radius 3 is 2.59 bits per heavy atom. The minimum Gasteiger partial charge on any atom is -0.492 e. The van der Waals surface area contributed by atoms with Gasteiger partial charge >= 0.3 is 0 Å². The molecule has 0 aliphatic rings. The van der Waals surface area contributed by atoms with Crippen molar-refractivity contribution in [1.29, 1.82) is 5.26 Å². The van der Waals surface area contributed by atoms with E-state index in [4.69, 9.17) is 33.7 Å². The first-order valence-corrected chi connectivity index (χ1v) is 9.25. The Labute approximate surface area is 167 Å². The van der Waals surface area contributed by atoms with Crippen molar-refractivity contribution in [2.24, 2.45) is 0 Å². The molecule has 0 radical (unpaired) electrons. The van der Waals surface area contributed by atoms with Gasteiger partial charge in [0.1, 0.15) is 11.8 Å². The number of nitrogens with one attached hydrogen (secondary N) is 1. The van der Waals surface area contributed by atoms with Crippen LogP contribution in [0.1, 0.15) is 25.1 Å². The zero-order valence-electron chi connectivity index (χ0n) is 14.9. The Kier molecular flexibility index (Phi) is 5.59. The SMILES string of the molecule is CCOc1cc2nc(CC)c(C#N)c(Nc3ccc(Cl)c(Cl)c3)c2cc1N. The summed E-state index contributed by atoms with van der Waals surface area (Å²) in [6.07, 6.45) is 0.614. The minimum atomic E-state index is 0.424. The number of fused-ring (bicyclic) bond motifs is 1. The molecule has 0 aliphatic heterocycles. The van der Waals surface area contributed by atoms with E-state index in [0.29, 0.717) is 62.7 Å². The molecular weight excluding hydrogens is 383 g/mol. The second-order valence-corrected chi connectivity index (χ2v) is 6.68. The highest BCUT2D eigenvalue weighted by Gasteiger charge is 2.17. The van der Waals surface area contributed by atoms with Crippen molar-refractivity contribution >= 4 is 51.2 Å². The number of ether oxygens (including phenoxy) is 1. The van der Waals surface area contributed by atoms with Crippen LogP contribution in [0, 0.1) is 11.3 Å². The standard InChI is InChI=1S/C20H18Cl2N4O/c1-3-17-13(10-23)20(25-11-5-6-14(21)15(22)7-11)12-8-16(24)19(27-4-2)9-18(12)26-17/h5-9H,3-4,24H2,1-2H3,(H,25,26). The number of nitrogens with two attached hydrogens (primary N) is 1. The number of aryl methyl sites for hydroxylation is 1. The molecule has 3 rings (SSSR count). The Hall–Kier alpha value is -2.68. The zero-order valence-corrected chi connectivity index (χ0v) is 16.4. The van der Waals surface area contributed by atoms with Crippen LogP contribution < -0.4 is 15.8 Å². The first-order chi connectivity index (χ1) is 13.0. The Morgan fingerprint density at radius 1 is 1.19 bits per heavy atom. The third-order valence-corrected chi connectivity index (χ3v) is 4.87. The first-order valence-electron chi connectivity index (χ1n) is 8.49. The fraction of sp³-hybridized carbons (Fsp3) is 0.200. The lowest BCUT2D eigenvalue weighted by atomic mass is 10.0. The van der Waals surface area contributed by atoms with Crippen LogP contribution in [-0.2, 0) is 6.42 Å². The quantitative estimate of drug-likeness (QED) is 0.536. The first kappa shape index (κ1) is 19.1. The normalized spacial score (nSPS) is 10.6. The van der Waals surface area contributed by atoms with Crippen molar-refractivity contribution in [2.45, 2.75) is 20.3 Å². The van der Waals surface area contributed by atoms with E-state index < -0.39 is 0 Å². The van der Waals surface area contributed by atoms with Gasteiger partial charge < -0.3 is 15.8 Å². The molecule has 138 valence electrons. The van der Waals surface area contributed by atoms with Crippen LogP contribution in [0.15, 0.2) is 30.3 Å². The number of hydrogen-bond acceptors (Lipinski definition) is 5. The lowest BCUT2D eigenvalue weighted by Gasteiger charge is -2.16. The molecule has 0 saturated heterocycles. The number of hydrogen-bond donors (Lipinski definition) is 2. The molecule has 1 heterocycles. The van der Waals surface area contributed by atoms with E-state index in [1.807, 2.05) is 13.8 Å². The van der Waals surface area contributed by atoms with Crippen molar-refractivity contribution in [1.82, 2.24) is 4.98 Å². The van der Waals surface area contributed by atoms with Gasteiger partial charge in [-0.1, -0.05) is 30.1 Å². The number of benzene rings is 2. The number of rotatable bonds is 5. The molecule has 0 bridgehead atoms. The number of anilines is 3. The number of halogens is 2. The van der Waals surface area contributed by atoms with Crippen LogP contribution >= 0.6 is 23.2 Å². The molecule has 27 heavy (non-hydrogen) atoms. The average molecular weight is 401 g/mol. The maximum absolute atomic E-state index is 9.74. The van der Waals surface area contributed by atoms with Crippen LogP contribution in [0.2, 0.25) is 10.0 Å². The van der Waals surface area contributed by atoms with Gasteiger partial charge in [-0.25, -0.2) is 0 Å². The van der Waals surface area contributed by atoms with E-state index in [2.05, 4.69) is 16.4 Å². The lowest BCUT2D eigenvalue weighted by Crippen LogP contribution is -2.04. The van der Waals surface area contributed by atoms with E-state index >= 15 is 0 Å². The number of nitriles is 1. The predicted octanol–water partition coefficient (Wildman–Crippen LogP) is 5.70. The minimum absolute atomic E-state index is 0.424. The van der Waals surface area contributed by atoms with Gasteiger partial charge in [-0.15, -0.1) is 0 Å². The third-order valence-electron chi connectivity index (χ3n) is 4.13. The van der Waals surface area contributed by atoms with Crippen molar-refractivity contribution < 1.29 is 4.74 Å². The summed E-state index contributed by atoms with van der Waals surface area (Å²) < 4.78 is 5.58. The maximum Gasteiger partial charge on any atom is 0.144 e. The van der Waals surface area contributed by atoms with Gasteiger partial charge in [0.2, 0.25) is 0 Å². The van der Waals surface area contributed by atoms with Crippen LogP contribution in [0.5, 0.6) is 5.75 Å². The Morgan fingerprint density at radius 2 is 1.96 bits per heavy atom. The largest absolute Gasteiger partial charge is 0.492 e. The summed E-state index contributed by atoms with van der Waals surface area (Å²) in [7, 11) is 0. The maximum atomic E-state index is 9.74. The molecule has 0 saturated carbocycles. The molecule has 5 nitrogen and oxygen atoms in total. The lowest BCUT2D eigenvalue weighted by molar-refractivity contribution is 0.342. The van der Waals surface area contributed by atoms with Crippen LogP contribution in [0.25, 0.3) is 10.9 Å². The summed E-state index contributed by atoms with van der Waals surface area (Å²) in [6.45, 7) is 4.35. The molecule has 7 heteroatoms. The van der Waals surface area contributed by atoms with Crippen LogP contribution in [0.4, 0.5) is 17.1 Å². The molecular formula is C20H18Cl2N4O. The van der Waals surface area contributed by atoms with Gasteiger partial charge in [0, 0.05) is 17.1 Å². The van der Waals surface area contributed by atoms with E-state index in [-0.39, 0.29) is 0 Å². The summed E-state index contributed by atoms with van der Waals surface area (Å²) in [5.74, 6) is 0.574. The number of nitrogens with zero attached hydrogens (tertiary/aromatic N) is 2. The molecule has 0 atom stereocenters. The molecule has 0 fully saturated rings. The average Bonchev–Trinajstić information content (AvgIpc) is 2.65. The van der Waals surface area contributed by atoms with Gasteiger partial charge in [-0.2, -0.15) is 5.26 Å². The van der Waals surface area contributed by atoms with E-state index in [1.165, 1.54) is 0 Å². The second kappa shape index (κ2) is 7.91. The highest BCUT2D eigenvalue weighted by molar-refractivity contribution is 6.42. The van der Waals surface area contributed by atoms with Crippen molar-refractivity contribution in [3.63, 3.8) is 0 Å². The van der Waals surface area contributed by atoms with E-state index in [9.17, 15) is 5.26 Å². The molecule has 2 aromatic carbocycles. The highest BCUT2D eigenvalue weighted by atomic mass is 35.5. The molecule has 0 unspecified atom stereocenters. The monoisotopic (exact) mass is 400 g/mol. The van der Waals surface area contributed by atoms with Crippen LogP contribution in [0.3, 0.4) is 0 Å². The second-order valence-electron chi connectivity index (χ2n) is 5.87. The Balaban J connectivity index is 2.25. The Bertz CT molecular complexity index is 1060. The summed E-state index contributed by atoms with van der Waals surface area (Å²) in [6, 6.07) is 11.0. The summed E-state index contributed by atoms with van der Waals surface area (Å²) in [5.41, 5.74) is 9.83. The van der Waals surface area contributed by atoms with Gasteiger partial charge in [0.05, 0.1) is 44.8 Å². The summed E-state index contributed by atoms with van der Waals surface area (Å²) in [5, 5.41) is 14.6. The molecule has 3 aromatic rings. The number of pyridine rings is 1. The molecule has 3 N–H and O–H groups in total.